The fourth-order valence-corrected chi connectivity index (χ4v) is 4.30. The summed E-state index contributed by atoms with van der Waals surface area (Å²) in [4.78, 5) is 45.5. The minimum atomic E-state index is -0.270. The summed E-state index contributed by atoms with van der Waals surface area (Å²) in [5.74, 6) is -0.798. The zero-order chi connectivity index (χ0) is 20.3. The Kier molecular flexibility index (Phi) is 6.41. The predicted molar refractivity (Wildman–Crippen MR) is 110 cm³/mol. The number of anilines is 1. The number of nitrogens with zero attached hydrogens (tertiary/aromatic N) is 3. The standard InChI is InChI=1S/C20H26N4O3S/c1-4-14-6-7-15-16(12-14)28-20(21-15)23(11-5-10-22(2)3)19(27)13-24-17(25)8-9-18(24)26/h6-7,12H,4-5,8-11,13H2,1-3H3/p+1. The quantitative estimate of drug-likeness (QED) is 0.664. The van der Waals surface area contributed by atoms with E-state index in [9.17, 15) is 14.4 Å². The molecule has 0 atom stereocenters. The van der Waals surface area contributed by atoms with Gasteiger partial charge in [0.05, 0.1) is 30.9 Å². The van der Waals surface area contributed by atoms with Gasteiger partial charge in [0.15, 0.2) is 5.13 Å². The lowest BCUT2D eigenvalue weighted by molar-refractivity contribution is -0.858. The molecule has 2 aromatic rings. The first-order chi connectivity index (χ1) is 13.4. The van der Waals surface area contributed by atoms with Gasteiger partial charge in [0.25, 0.3) is 0 Å². The van der Waals surface area contributed by atoms with Gasteiger partial charge in [-0.2, -0.15) is 0 Å². The summed E-state index contributed by atoms with van der Waals surface area (Å²) in [6, 6.07) is 6.14. The molecule has 0 saturated carbocycles. The van der Waals surface area contributed by atoms with E-state index in [4.69, 9.17) is 0 Å². The third kappa shape index (κ3) is 4.56. The number of likely N-dealkylation sites (tertiary alicyclic amines) is 1. The van der Waals surface area contributed by atoms with Crippen molar-refractivity contribution in [1.29, 1.82) is 0 Å². The van der Waals surface area contributed by atoms with Crippen LogP contribution in [0, 0.1) is 0 Å². The van der Waals surface area contributed by atoms with Gasteiger partial charge in [0, 0.05) is 25.8 Å². The number of hydrogen-bond donors (Lipinski definition) is 1. The summed E-state index contributed by atoms with van der Waals surface area (Å²) < 4.78 is 1.04. The molecule has 0 unspecified atom stereocenters. The lowest BCUT2D eigenvalue weighted by atomic mass is 10.2. The molecular formula is C20H27N4O3S+. The van der Waals surface area contributed by atoms with Crippen molar-refractivity contribution in [2.45, 2.75) is 32.6 Å². The highest BCUT2D eigenvalue weighted by atomic mass is 32.1. The molecule has 8 heteroatoms. The summed E-state index contributed by atoms with van der Waals surface area (Å²) in [6.45, 7) is 3.33. The fourth-order valence-electron chi connectivity index (χ4n) is 3.23. The van der Waals surface area contributed by atoms with Crippen LogP contribution in [0.4, 0.5) is 5.13 Å². The molecular weight excluding hydrogens is 376 g/mol. The molecule has 1 aliphatic rings. The molecule has 1 N–H and O–H groups in total. The summed E-state index contributed by atoms with van der Waals surface area (Å²) in [5, 5.41) is 0.626. The number of quaternary nitrogens is 1. The van der Waals surface area contributed by atoms with Crippen molar-refractivity contribution >= 4 is 44.4 Å². The van der Waals surface area contributed by atoms with Gasteiger partial charge < -0.3 is 4.90 Å². The molecule has 0 bridgehead atoms. The molecule has 1 aliphatic heterocycles. The monoisotopic (exact) mass is 403 g/mol. The van der Waals surface area contributed by atoms with Gasteiger partial charge in [-0.15, -0.1) is 0 Å². The van der Waals surface area contributed by atoms with Crippen molar-refractivity contribution in [1.82, 2.24) is 9.88 Å². The highest BCUT2D eigenvalue weighted by molar-refractivity contribution is 7.22. The Morgan fingerprint density at radius 3 is 2.61 bits per heavy atom. The predicted octanol–water partition coefficient (Wildman–Crippen LogP) is 0.875. The van der Waals surface area contributed by atoms with E-state index in [0.717, 1.165) is 34.5 Å². The van der Waals surface area contributed by atoms with Crippen LogP contribution in [-0.4, -0.2) is 61.3 Å². The van der Waals surface area contributed by atoms with E-state index in [1.807, 2.05) is 6.07 Å². The van der Waals surface area contributed by atoms with Gasteiger partial charge >= 0.3 is 0 Å². The molecule has 1 saturated heterocycles. The molecule has 150 valence electrons. The number of aromatic nitrogens is 1. The number of imide groups is 1. The first-order valence-electron chi connectivity index (χ1n) is 9.71. The van der Waals surface area contributed by atoms with Gasteiger partial charge in [0.2, 0.25) is 17.7 Å². The molecule has 0 radical (unpaired) electrons. The van der Waals surface area contributed by atoms with Gasteiger partial charge in [-0.05, 0) is 24.1 Å². The Morgan fingerprint density at radius 2 is 1.96 bits per heavy atom. The van der Waals surface area contributed by atoms with Crippen molar-refractivity contribution in [2.75, 3.05) is 38.6 Å². The molecule has 1 aromatic heterocycles. The van der Waals surface area contributed by atoms with Crippen LogP contribution in [0.5, 0.6) is 0 Å². The second-order valence-corrected chi connectivity index (χ2v) is 8.39. The van der Waals surface area contributed by atoms with Gasteiger partial charge in [-0.1, -0.05) is 24.3 Å². The number of carbonyl (C=O) groups is 3. The largest absolute Gasteiger partial charge is 0.340 e. The highest BCUT2D eigenvalue weighted by Crippen LogP contribution is 2.30. The van der Waals surface area contributed by atoms with E-state index < -0.39 is 0 Å². The molecule has 0 aliphatic carbocycles. The minimum absolute atomic E-state index is 0.192. The maximum Gasteiger partial charge on any atom is 0.248 e. The Balaban J connectivity index is 1.84. The lowest BCUT2D eigenvalue weighted by Crippen LogP contribution is -3.05. The number of rotatable bonds is 8. The Labute approximate surface area is 168 Å². The van der Waals surface area contributed by atoms with E-state index in [1.54, 1.807) is 4.90 Å². The number of fused-ring (bicyclic) bond motifs is 1. The van der Waals surface area contributed by atoms with E-state index >= 15 is 0 Å². The zero-order valence-electron chi connectivity index (χ0n) is 16.7. The number of aryl methyl sites for hydroxylation is 1. The van der Waals surface area contributed by atoms with E-state index in [-0.39, 0.29) is 37.1 Å². The third-order valence-corrected chi connectivity index (χ3v) is 5.93. The van der Waals surface area contributed by atoms with Crippen LogP contribution in [0.15, 0.2) is 18.2 Å². The molecule has 0 spiro atoms. The first kappa shape index (κ1) is 20.4. The number of amides is 3. The van der Waals surface area contributed by atoms with Crippen molar-refractivity contribution in [3.8, 4) is 0 Å². The minimum Gasteiger partial charge on any atom is -0.340 e. The van der Waals surface area contributed by atoms with E-state index in [1.165, 1.54) is 21.8 Å². The average Bonchev–Trinajstić information content (AvgIpc) is 3.22. The summed E-state index contributed by atoms with van der Waals surface area (Å²) >= 11 is 1.48. The van der Waals surface area contributed by atoms with Gasteiger partial charge in [-0.25, -0.2) is 4.98 Å². The van der Waals surface area contributed by atoms with Crippen molar-refractivity contribution in [3.63, 3.8) is 0 Å². The van der Waals surface area contributed by atoms with Crippen LogP contribution in [0.3, 0.4) is 0 Å². The number of thiazole rings is 1. The highest BCUT2D eigenvalue weighted by Gasteiger charge is 2.32. The van der Waals surface area contributed by atoms with E-state index in [0.29, 0.717) is 11.7 Å². The molecule has 28 heavy (non-hydrogen) atoms. The summed E-state index contributed by atoms with van der Waals surface area (Å²) in [5.41, 5.74) is 2.09. The van der Waals surface area contributed by atoms with E-state index in [2.05, 4.69) is 38.1 Å². The Morgan fingerprint density at radius 1 is 1.25 bits per heavy atom. The molecule has 1 fully saturated rings. The summed E-state index contributed by atoms with van der Waals surface area (Å²) in [7, 11) is 4.13. The van der Waals surface area contributed by atoms with Crippen LogP contribution in [0.25, 0.3) is 10.2 Å². The second-order valence-electron chi connectivity index (χ2n) is 7.38. The van der Waals surface area contributed by atoms with Crippen LogP contribution in [-0.2, 0) is 20.8 Å². The molecule has 1 aromatic carbocycles. The SMILES string of the molecule is CCc1ccc2nc(N(CCC[NH+](C)C)C(=O)CN3C(=O)CCC3=O)sc2c1. The maximum absolute atomic E-state index is 13.0. The molecule has 7 nitrogen and oxygen atoms in total. The maximum atomic E-state index is 13.0. The number of benzene rings is 1. The number of carbonyl (C=O) groups excluding carboxylic acids is 3. The normalized spacial score (nSPS) is 14.5. The van der Waals surface area contributed by atoms with Crippen molar-refractivity contribution in [3.05, 3.63) is 23.8 Å². The van der Waals surface area contributed by atoms with Crippen molar-refractivity contribution < 1.29 is 19.3 Å². The summed E-state index contributed by atoms with van der Waals surface area (Å²) in [6.07, 6.45) is 2.14. The first-order valence-corrected chi connectivity index (χ1v) is 10.5. The average molecular weight is 404 g/mol. The molecule has 3 amide bonds. The Hall–Kier alpha value is -2.32. The third-order valence-electron chi connectivity index (χ3n) is 4.89. The van der Waals surface area contributed by atoms with Crippen LogP contribution < -0.4 is 9.80 Å². The zero-order valence-corrected chi connectivity index (χ0v) is 17.5. The lowest BCUT2D eigenvalue weighted by Gasteiger charge is -2.22. The molecule has 3 rings (SSSR count). The van der Waals surface area contributed by atoms with Crippen molar-refractivity contribution in [2.24, 2.45) is 0 Å². The Bertz CT molecular complexity index is 877. The van der Waals surface area contributed by atoms with Crippen LogP contribution in [0.2, 0.25) is 0 Å². The topological polar surface area (TPSA) is 75.0 Å². The van der Waals surface area contributed by atoms with Crippen LogP contribution >= 0.6 is 11.3 Å². The van der Waals surface area contributed by atoms with Gasteiger partial charge in [0.1, 0.15) is 6.54 Å². The fraction of sp³-hybridized carbons (Fsp3) is 0.500. The second kappa shape index (κ2) is 8.79. The number of nitrogens with one attached hydrogen (secondary N) is 1. The van der Waals surface area contributed by atoms with Crippen LogP contribution in [0.1, 0.15) is 31.7 Å². The van der Waals surface area contributed by atoms with Gasteiger partial charge in [-0.3, -0.25) is 24.2 Å². The number of hydrogen-bond acceptors (Lipinski definition) is 5. The smallest absolute Gasteiger partial charge is 0.248 e. The molecule has 2 heterocycles.